The second-order valence-corrected chi connectivity index (χ2v) is 11.4. The van der Waals surface area contributed by atoms with E-state index < -0.39 is 0 Å². The number of benzene rings is 1. The second kappa shape index (κ2) is 11.0. The monoisotopic (exact) mass is 487 g/mol. The van der Waals surface area contributed by atoms with Gasteiger partial charge < -0.3 is 9.53 Å². The van der Waals surface area contributed by atoms with E-state index in [1.54, 1.807) is 11.6 Å². The first-order valence-corrected chi connectivity index (χ1v) is 13.3. The molecule has 0 amide bonds. The lowest BCUT2D eigenvalue weighted by atomic mass is 9.81. The fourth-order valence-corrected chi connectivity index (χ4v) is 5.21. The maximum atomic E-state index is 12.2. The summed E-state index contributed by atoms with van der Waals surface area (Å²) >= 11 is 0. The number of nitrogens with zero attached hydrogens (tertiary/aromatic N) is 3. The standard InChI is InChI=1S/C31H41N3O2/c1-21-11-13-25(31(3,4)5)19-28(21)24(17-22(2)35)18-27-20-30(34(6)33-27)36-16-15-26-14-12-23-9-7-8-10-29(23)32-26/h11-14,19-20,24H,7-10,15-18H2,1-6H3. The average molecular weight is 488 g/mol. The molecule has 192 valence electrons. The van der Waals surface area contributed by atoms with E-state index in [-0.39, 0.29) is 17.1 Å². The highest BCUT2D eigenvalue weighted by Crippen LogP contribution is 2.32. The molecule has 0 aliphatic heterocycles. The second-order valence-electron chi connectivity index (χ2n) is 11.4. The molecule has 0 saturated heterocycles. The molecular weight excluding hydrogens is 446 g/mol. The van der Waals surface area contributed by atoms with E-state index in [2.05, 4.69) is 58.0 Å². The lowest BCUT2D eigenvalue weighted by Crippen LogP contribution is -2.15. The minimum absolute atomic E-state index is 0.0577. The zero-order chi connectivity index (χ0) is 25.9. The molecule has 1 aliphatic rings. The summed E-state index contributed by atoms with van der Waals surface area (Å²) in [4.78, 5) is 17.1. The molecule has 1 aromatic carbocycles. The number of pyridine rings is 1. The first-order chi connectivity index (χ1) is 17.1. The van der Waals surface area contributed by atoms with Crippen molar-refractivity contribution in [1.82, 2.24) is 14.8 Å². The van der Waals surface area contributed by atoms with E-state index in [1.807, 2.05) is 13.1 Å². The van der Waals surface area contributed by atoms with Crippen molar-refractivity contribution in [1.29, 1.82) is 0 Å². The van der Waals surface area contributed by atoms with Gasteiger partial charge in [0.25, 0.3) is 0 Å². The van der Waals surface area contributed by atoms with Crippen molar-refractivity contribution in [3.8, 4) is 5.88 Å². The molecular formula is C31H41N3O2. The van der Waals surface area contributed by atoms with Crippen molar-refractivity contribution in [3.05, 3.63) is 75.7 Å². The Kier molecular flexibility index (Phi) is 7.97. The third-order valence-corrected chi connectivity index (χ3v) is 7.31. The molecule has 0 saturated carbocycles. The van der Waals surface area contributed by atoms with Gasteiger partial charge in [-0.05, 0) is 85.6 Å². The van der Waals surface area contributed by atoms with Crippen LogP contribution in [0.3, 0.4) is 0 Å². The van der Waals surface area contributed by atoms with Gasteiger partial charge in [-0.1, -0.05) is 45.0 Å². The fourth-order valence-electron chi connectivity index (χ4n) is 5.21. The third kappa shape index (κ3) is 6.43. The van der Waals surface area contributed by atoms with Crippen LogP contribution >= 0.6 is 0 Å². The summed E-state index contributed by atoms with van der Waals surface area (Å²) in [5.74, 6) is 1.04. The van der Waals surface area contributed by atoms with Crippen LogP contribution in [0.1, 0.15) is 92.2 Å². The molecule has 0 radical (unpaired) electrons. The third-order valence-electron chi connectivity index (χ3n) is 7.31. The maximum Gasteiger partial charge on any atom is 0.211 e. The number of hydrogen-bond acceptors (Lipinski definition) is 4. The number of aromatic nitrogens is 3. The van der Waals surface area contributed by atoms with Gasteiger partial charge in [-0.2, -0.15) is 5.10 Å². The number of rotatable bonds is 9. The molecule has 0 N–H and O–H groups in total. The quantitative estimate of drug-likeness (QED) is 0.359. The summed E-state index contributed by atoms with van der Waals surface area (Å²) in [5, 5.41) is 4.73. The zero-order valence-electron chi connectivity index (χ0n) is 22.9. The van der Waals surface area contributed by atoms with E-state index in [1.165, 1.54) is 40.8 Å². The Hall–Kier alpha value is -2.95. The smallest absolute Gasteiger partial charge is 0.211 e. The maximum absolute atomic E-state index is 12.2. The van der Waals surface area contributed by atoms with Gasteiger partial charge in [-0.3, -0.25) is 4.98 Å². The Morgan fingerprint density at radius 1 is 1.08 bits per heavy atom. The Bertz CT molecular complexity index is 1220. The van der Waals surface area contributed by atoms with Crippen molar-refractivity contribution in [2.24, 2.45) is 7.05 Å². The molecule has 36 heavy (non-hydrogen) atoms. The predicted molar refractivity (Wildman–Crippen MR) is 145 cm³/mol. The molecule has 0 fully saturated rings. The summed E-state index contributed by atoms with van der Waals surface area (Å²) in [6, 6.07) is 13.1. The van der Waals surface area contributed by atoms with Gasteiger partial charge in [0.2, 0.25) is 5.88 Å². The Balaban J connectivity index is 1.45. The molecule has 0 bridgehead atoms. The van der Waals surface area contributed by atoms with Gasteiger partial charge >= 0.3 is 0 Å². The molecule has 4 rings (SSSR count). The Morgan fingerprint density at radius 2 is 1.86 bits per heavy atom. The zero-order valence-corrected chi connectivity index (χ0v) is 22.9. The lowest BCUT2D eigenvalue weighted by Gasteiger charge is -2.24. The van der Waals surface area contributed by atoms with Crippen LogP contribution in [-0.2, 0) is 42.9 Å². The minimum Gasteiger partial charge on any atom is -0.477 e. The summed E-state index contributed by atoms with van der Waals surface area (Å²) < 4.78 is 7.92. The Labute approximate surface area is 216 Å². The van der Waals surface area contributed by atoms with E-state index in [9.17, 15) is 4.79 Å². The van der Waals surface area contributed by atoms with Gasteiger partial charge in [0.1, 0.15) is 5.78 Å². The molecule has 2 heterocycles. The molecule has 1 atom stereocenters. The molecule has 1 unspecified atom stereocenters. The van der Waals surface area contributed by atoms with Crippen LogP contribution in [0.5, 0.6) is 5.88 Å². The van der Waals surface area contributed by atoms with Crippen LogP contribution in [0.2, 0.25) is 0 Å². The topological polar surface area (TPSA) is 57.0 Å². The number of hydrogen-bond donors (Lipinski definition) is 0. The minimum atomic E-state index is 0.0577. The normalized spacial score (nSPS) is 14.4. The molecule has 0 spiro atoms. The summed E-state index contributed by atoms with van der Waals surface area (Å²) in [6.07, 6.45) is 6.75. The summed E-state index contributed by atoms with van der Waals surface area (Å²) in [6.45, 7) is 11.1. The predicted octanol–water partition coefficient (Wildman–Crippen LogP) is 6.23. The van der Waals surface area contributed by atoms with Crippen molar-refractivity contribution in [2.45, 2.75) is 90.9 Å². The summed E-state index contributed by atoms with van der Waals surface area (Å²) in [7, 11) is 1.92. The molecule has 2 aromatic heterocycles. The number of ketones is 1. The number of carbonyl (C=O) groups excluding carboxylic acids is 1. The van der Waals surface area contributed by atoms with Crippen molar-refractivity contribution in [2.75, 3.05) is 6.61 Å². The number of aryl methyl sites for hydroxylation is 4. The van der Waals surface area contributed by atoms with Gasteiger partial charge in [-0.25, -0.2) is 4.68 Å². The van der Waals surface area contributed by atoms with E-state index in [0.717, 1.165) is 36.5 Å². The van der Waals surface area contributed by atoms with Gasteiger partial charge in [-0.15, -0.1) is 0 Å². The average Bonchev–Trinajstić information content (AvgIpc) is 3.16. The van der Waals surface area contributed by atoms with Gasteiger partial charge in [0.05, 0.1) is 12.3 Å². The Morgan fingerprint density at radius 3 is 2.61 bits per heavy atom. The van der Waals surface area contributed by atoms with Crippen molar-refractivity contribution in [3.63, 3.8) is 0 Å². The first kappa shape index (κ1) is 26.1. The summed E-state index contributed by atoms with van der Waals surface area (Å²) in [5.41, 5.74) is 8.53. The van der Waals surface area contributed by atoms with E-state index >= 15 is 0 Å². The lowest BCUT2D eigenvalue weighted by molar-refractivity contribution is -0.117. The highest BCUT2D eigenvalue weighted by molar-refractivity contribution is 5.76. The van der Waals surface area contributed by atoms with Crippen LogP contribution in [0, 0.1) is 6.92 Å². The van der Waals surface area contributed by atoms with Crippen LogP contribution in [0.15, 0.2) is 36.4 Å². The highest BCUT2D eigenvalue weighted by Gasteiger charge is 2.22. The number of carbonyl (C=O) groups is 1. The molecule has 1 aliphatic carbocycles. The van der Waals surface area contributed by atoms with Crippen molar-refractivity contribution < 1.29 is 9.53 Å². The van der Waals surface area contributed by atoms with Gasteiger partial charge in [0.15, 0.2) is 0 Å². The van der Waals surface area contributed by atoms with Gasteiger partial charge in [0, 0.05) is 37.3 Å². The first-order valence-electron chi connectivity index (χ1n) is 13.3. The largest absolute Gasteiger partial charge is 0.477 e. The van der Waals surface area contributed by atoms with E-state index in [4.69, 9.17) is 14.8 Å². The number of fused-ring (bicyclic) bond motifs is 1. The van der Waals surface area contributed by atoms with Crippen LogP contribution in [-0.4, -0.2) is 27.2 Å². The molecule has 5 nitrogen and oxygen atoms in total. The molecule has 3 aromatic rings. The van der Waals surface area contributed by atoms with Crippen LogP contribution in [0.4, 0.5) is 0 Å². The SMILES string of the molecule is CC(=O)CC(Cc1cc(OCCc2ccc3c(n2)CCCC3)n(C)n1)c1cc(C(C)(C)C)ccc1C. The fraction of sp³-hybridized carbons (Fsp3) is 0.516. The van der Waals surface area contributed by atoms with E-state index in [0.29, 0.717) is 19.4 Å². The highest BCUT2D eigenvalue weighted by atomic mass is 16.5. The number of ether oxygens (including phenoxy) is 1. The van der Waals surface area contributed by atoms with Crippen LogP contribution < -0.4 is 4.74 Å². The molecule has 5 heteroatoms. The van der Waals surface area contributed by atoms with Crippen molar-refractivity contribution >= 4 is 5.78 Å². The van der Waals surface area contributed by atoms with Crippen LogP contribution in [0.25, 0.3) is 0 Å². The number of Topliss-reactive ketones (excluding diaryl/α,β-unsaturated/α-hetero) is 1.